The van der Waals surface area contributed by atoms with Gasteiger partial charge in [-0.15, -0.1) is 0 Å². The molecule has 0 radical (unpaired) electrons. The first-order valence-corrected chi connectivity index (χ1v) is 17.5. The minimum atomic E-state index is -2.63. The minimum absolute atomic E-state index is 0.0741. The van der Waals surface area contributed by atoms with Crippen molar-refractivity contribution in [3.8, 4) is 0 Å². The Hall–Kier alpha value is -2.46. The lowest BCUT2D eigenvalue weighted by molar-refractivity contribution is -0.130. The second-order valence-corrected chi connectivity index (χ2v) is 13.9. The number of rotatable bonds is 13. The SMILES string of the molecule is NCCCCN(C[C@@H]1NCC2CCC1N2CC[C@H](NC(=O)C1CCC(F)(F)CC1)c1ccccc1)C1CCCc2cccnc21. The van der Waals surface area contributed by atoms with Gasteiger partial charge in [0.25, 0.3) is 0 Å². The Morgan fingerprint density at radius 1 is 1.09 bits per heavy atom. The molecule has 2 aromatic rings. The van der Waals surface area contributed by atoms with Crippen molar-refractivity contribution in [3.63, 3.8) is 0 Å². The summed E-state index contributed by atoms with van der Waals surface area (Å²) < 4.78 is 27.6. The molecule has 5 atom stereocenters. The van der Waals surface area contributed by atoms with Crippen LogP contribution in [-0.4, -0.2) is 77.5 Å². The quantitative estimate of drug-likeness (QED) is 0.260. The summed E-state index contributed by atoms with van der Waals surface area (Å²) in [5, 5.41) is 7.23. The lowest BCUT2D eigenvalue weighted by Crippen LogP contribution is -2.61. The van der Waals surface area contributed by atoms with Crippen molar-refractivity contribution >= 4 is 5.91 Å². The number of amides is 1. The summed E-state index contributed by atoms with van der Waals surface area (Å²) in [7, 11) is 0. The van der Waals surface area contributed by atoms with Gasteiger partial charge in [0.2, 0.25) is 11.8 Å². The molecule has 3 fully saturated rings. The van der Waals surface area contributed by atoms with Crippen LogP contribution in [0.5, 0.6) is 0 Å². The predicted molar refractivity (Wildman–Crippen MR) is 174 cm³/mol. The van der Waals surface area contributed by atoms with E-state index in [9.17, 15) is 13.6 Å². The molecule has 1 saturated carbocycles. The van der Waals surface area contributed by atoms with Crippen LogP contribution >= 0.6 is 0 Å². The van der Waals surface area contributed by atoms with E-state index in [4.69, 9.17) is 10.7 Å². The fraction of sp³-hybridized carbons (Fsp3) is 0.667. The lowest BCUT2D eigenvalue weighted by Gasteiger charge is -2.45. The summed E-state index contributed by atoms with van der Waals surface area (Å²) in [4.78, 5) is 23.6. The molecule has 2 aliphatic carbocycles. The van der Waals surface area contributed by atoms with E-state index in [1.54, 1.807) is 0 Å². The van der Waals surface area contributed by atoms with Gasteiger partial charge in [0.05, 0.1) is 17.8 Å². The van der Waals surface area contributed by atoms with Crippen molar-refractivity contribution in [3.05, 3.63) is 65.5 Å². The van der Waals surface area contributed by atoms with Crippen LogP contribution in [0.25, 0.3) is 0 Å². The Kier molecular flexibility index (Phi) is 10.8. The van der Waals surface area contributed by atoms with Crippen LogP contribution in [0.15, 0.2) is 48.7 Å². The van der Waals surface area contributed by atoms with E-state index < -0.39 is 5.92 Å². The molecule has 3 heterocycles. The summed E-state index contributed by atoms with van der Waals surface area (Å²) in [6.45, 7) is 4.62. The van der Waals surface area contributed by atoms with Gasteiger partial charge in [0, 0.05) is 62.7 Å². The van der Waals surface area contributed by atoms with Gasteiger partial charge in [-0.1, -0.05) is 36.4 Å². The number of benzene rings is 1. The van der Waals surface area contributed by atoms with Crippen LogP contribution in [0.2, 0.25) is 0 Å². The molecule has 9 heteroatoms. The molecule has 6 rings (SSSR count). The van der Waals surface area contributed by atoms with Crippen molar-refractivity contribution in [1.29, 1.82) is 0 Å². The smallest absolute Gasteiger partial charge is 0.248 e. The topological polar surface area (TPSA) is 86.5 Å². The third kappa shape index (κ3) is 7.92. The Morgan fingerprint density at radius 2 is 1.91 bits per heavy atom. The highest BCUT2D eigenvalue weighted by molar-refractivity contribution is 5.79. The summed E-state index contributed by atoms with van der Waals surface area (Å²) in [5.41, 5.74) is 9.64. The number of nitrogens with two attached hydrogens (primary N) is 1. The maximum absolute atomic E-state index is 13.8. The first-order valence-electron chi connectivity index (χ1n) is 17.5. The van der Waals surface area contributed by atoms with Crippen LogP contribution in [0.3, 0.4) is 0 Å². The predicted octanol–water partition coefficient (Wildman–Crippen LogP) is 5.38. The number of nitrogens with one attached hydrogen (secondary N) is 2. The molecule has 45 heavy (non-hydrogen) atoms. The zero-order valence-corrected chi connectivity index (χ0v) is 26.7. The Balaban J connectivity index is 1.13. The van der Waals surface area contributed by atoms with E-state index in [0.29, 0.717) is 24.2 Å². The Labute approximate surface area is 267 Å². The average Bonchev–Trinajstić information content (AvgIpc) is 3.35. The van der Waals surface area contributed by atoms with Crippen molar-refractivity contribution in [1.82, 2.24) is 25.4 Å². The van der Waals surface area contributed by atoms with Crippen molar-refractivity contribution < 1.29 is 13.6 Å². The number of aryl methyl sites for hydroxylation is 1. The van der Waals surface area contributed by atoms with Gasteiger partial charge in [0.1, 0.15) is 0 Å². The van der Waals surface area contributed by atoms with E-state index in [1.165, 1.54) is 30.5 Å². The number of fused-ring (bicyclic) bond motifs is 3. The highest BCUT2D eigenvalue weighted by atomic mass is 19.3. The normalized spacial score (nSPS) is 27.3. The number of nitrogens with zero attached hydrogens (tertiary/aromatic N) is 3. The maximum atomic E-state index is 13.8. The molecule has 4 aliphatic rings. The highest BCUT2D eigenvalue weighted by Crippen LogP contribution is 2.38. The van der Waals surface area contributed by atoms with Crippen LogP contribution in [-0.2, 0) is 11.2 Å². The molecule has 0 spiro atoms. The number of hydrogen-bond acceptors (Lipinski definition) is 6. The first-order chi connectivity index (χ1) is 21.9. The molecule has 4 N–H and O–H groups in total. The molecule has 1 aromatic heterocycles. The molecular formula is C36H52F2N6O. The zero-order chi connectivity index (χ0) is 31.2. The van der Waals surface area contributed by atoms with E-state index >= 15 is 0 Å². The van der Waals surface area contributed by atoms with Crippen LogP contribution < -0.4 is 16.4 Å². The van der Waals surface area contributed by atoms with Gasteiger partial charge in [-0.05, 0) is 94.5 Å². The standard InChI is InChI=1S/C36H52F2N6O/c37-36(38)18-15-28(16-19-36)35(45)42-30(26-8-2-1-3-9-26)17-23-44-29-13-14-32(44)31(41-24-29)25-43(22-5-4-20-39)33-12-6-10-27-11-7-21-40-34(27)33/h1-3,7-9,11,21,28-33,41H,4-6,10,12-20,22-25,39H2,(H,42,45)/t29?,30-,31-,32?,33?/m0/s1. The van der Waals surface area contributed by atoms with Gasteiger partial charge < -0.3 is 16.4 Å². The van der Waals surface area contributed by atoms with Gasteiger partial charge >= 0.3 is 0 Å². The number of carbonyl (C=O) groups is 1. The number of carbonyl (C=O) groups excluding carboxylic acids is 1. The molecule has 3 unspecified atom stereocenters. The summed E-state index contributed by atoms with van der Waals surface area (Å²) in [6, 6.07) is 16.0. The summed E-state index contributed by atoms with van der Waals surface area (Å²) in [5.74, 6) is -3.04. The maximum Gasteiger partial charge on any atom is 0.248 e. The van der Waals surface area contributed by atoms with Crippen LogP contribution in [0, 0.1) is 5.92 Å². The molecule has 2 saturated heterocycles. The number of aromatic nitrogens is 1. The molecule has 2 bridgehead atoms. The average molecular weight is 623 g/mol. The molecule has 1 aromatic carbocycles. The van der Waals surface area contributed by atoms with Gasteiger partial charge in [-0.2, -0.15) is 0 Å². The van der Waals surface area contributed by atoms with E-state index in [2.05, 4.69) is 44.7 Å². The largest absolute Gasteiger partial charge is 0.349 e. The molecule has 7 nitrogen and oxygen atoms in total. The number of alkyl halides is 2. The third-order valence-electron chi connectivity index (χ3n) is 11.0. The monoisotopic (exact) mass is 622 g/mol. The van der Waals surface area contributed by atoms with Crippen LogP contribution in [0.1, 0.15) is 99.5 Å². The van der Waals surface area contributed by atoms with Crippen LogP contribution in [0.4, 0.5) is 8.78 Å². The number of pyridine rings is 1. The van der Waals surface area contributed by atoms with Gasteiger partial charge in [-0.3, -0.25) is 19.6 Å². The lowest BCUT2D eigenvalue weighted by atomic mass is 9.86. The third-order valence-corrected chi connectivity index (χ3v) is 11.0. The van der Waals surface area contributed by atoms with Crippen molar-refractivity contribution in [2.75, 3.05) is 32.7 Å². The van der Waals surface area contributed by atoms with Crippen molar-refractivity contribution in [2.45, 2.75) is 113 Å². The van der Waals surface area contributed by atoms with Gasteiger partial charge in [0.15, 0.2) is 0 Å². The summed E-state index contributed by atoms with van der Waals surface area (Å²) >= 11 is 0. The zero-order valence-electron chi connectivity index (χ0n) is 26.7. The number of halogens is 2. The molecule has 246 valence electrons. The fourth-order valence-electron chi connectivity index (χ4n) is 8.48. The second-order valence-electron chi connectivity index (χ2n) is 13.9. The highest BCUT2D eigenvalue weighted by Gasteiger charge is 2.44. The van der Waals surface area contributed by atoms with E-state index in [0.717, 1.165) is 70.4 Å². The van der Waals surface area contributed by atoms with Crippen molar-refractivity contribution in [2.24, 2.45) is 11.7 Å². The first kappa shape index (κ1) is 32.5. The summed E-state index contributed by atoms with van der Waals surface area (Å²) in [6.07, 6.45) is 10.8. The molecule has 1 amide bonds. The molecular weight excluding hydrogens is 570 g/mol. The minimum Gasteiger partial charge on any atom is -0.349 e. The number of hydrogen-bond donors (Lipinski definition) is 3. The second kappa shape index (κ2) is 15.0. The fourth-order valence-corrected chi connectivity index (χ4v) is 8.48. The van der Waals surface area contributed by atoms with E-state index in [1.807, 2.05) is 24.4 Å². The van der Waals surface area contributed by atoms with E-state index in [-0.39, 0.29) is 43.6 Å². The Morgan fingerprint density at radius 3 is 2.71 bits per heavy atom. The number of piperazine rings is 1. The van der Waals surface area contributed by atoms with Gasteiger partial charge in [-0.25, -0.2) is 8.78 Å². The Bertz CT molecular complexity index is 1240. The molecule has 2 aliphatic heterocycles. The number of unbranched alkanes of at least 4 members (excludes halogenated alkanes) is 1.